The Morgan fingerprint density at radius 2 is 2.06 bits per heavy atom. The lowest BCUT2D eigenvalue weighted by molar-refractivity contribution is 0.0816. The first-order valence-corrected chi connectivity index (χ1v) is 6.32. The van der Waals surface area contributed by atoms with E-state index in [0.717, 1.165) is 18.8 Å². The van der Waals surface area contributed by atoms with Crippen molar-refractivity contribution >= 4 is 0 Å². The zero-order chi connectivity index (χ0) is 12.4. The molecule has 0 bridgehead atoms. The van der Waals surface area contributed by atoms with E-state index < -0.39 is 0 Å². The molecule has 1 fully saturated rings. The SMILES string of the molecule is C=C1COCC(C)(C)CN1C(C)(C)CCC. The second-order valence-electron chi connectivity index (χ2n) is 6.37. The van der Waals surface area contributed by atoms with Gasteiger partial charge in [-0.15, -0.1) is 0 Å². The molecule has 2 nitrogen and oxygen atoms in total. The Hall–Kier alpha value is -0.500. The van der Waals surface area contributed by atoms with Crippen molar-refractivity contribution in [3.05, 3.63) is 12.3 Å². The van der Waals surface area contributed by atoms with Gasteiger partial charge in [-0.3, -0.25) is 0 Å². The summed E-state index contributed by atoms with van der Waals surface area (Å²) < 4.78 is 5.68. The molecule has 1 saturated heterocycles. The van der Waals surface area contributed by atoms with Crippen LogP contribution in [0.4, 0.5) is 0 Å². The summed E-state index contributed by atoms with van der Waals surface area (Å²) in [7, 11) is 0. The molecule has 1 heterocycles. The Balaban J connectivity index is 2.85. The third-order valence-corrected chi connectivity index (χ3v) is 3.32. The maximum absolute atomic E-state index is 5.68. The van der Waals surface area contributed by atoms with Crippen LogP contribution in [0.5, 0.6) is 0 Å². The number of ether oxygens (including phenoxy) is 1. The molecule has 0 saturated carbocycles. The molecular formula is C14H27NO. The van der Waals surface area contributed by atoms with Crippen molar-refractivity contribution in [2.75, 3.05) is 19.8 Å². The third-order valence-electron chi connectivity index (χ3n) is 3.32. The highest BCUT2D eigenvalue weighted by atomic mass is 16.5. The molecule has 0 aromatic rings. The molecule has 16 heavy (non-hydrogen) atoms. The molecule has 0 spiro atoms. The van der Waals surface area contributed by atoms with Crippen LogP contribution in [0.25, 0.3) is 0 Å². The summed E-state index contributed by atoms with van der Waals surface area (Å²) >= 11 is 0. The summed E-state index contributed by atoms with van der Waals surface area (Å²) in [5.74, 6) is 0. The first-order chi connectivity index (χ1) is 7.28. The molecule has 0 aromatic carbocycles. The van der Waals surface area contributed by atoms with Crippen molar-refractivity contribution < 1.29 is 4.74 Å². The Morgan fingerprint density at radius 3 is 2.62 bits per heavy atom. The quantitative estimate of drug-likeness (QED) is 0.729. The van der Waals surface area contributed by atoms with Crippen molar-refractivity contribution in [3.63, 3.8) is 0 Å². The molecule has 0 atom stereocenters. The molecule has 2 heteroatoms. The Bertz CT molecular complexity index is 255. The average Bonchev–Trinajstić information content (AvgIpc) is 2.25. The van der Waals surface area contributed by atoms with Crippen LogP contribution in [-0.2, 0) is 4.74 Å². The van der Waals surface area contributed by atoms with E-state index in [2.05, 4.69) is 46.1 Å². The van der Waals surface area contributed by atoms with E-state index >= 15 is 0 Å². The average molecular weight is 225 g/mol. The predicted molar refractivity (Wildman–Crippen MR) is 69.4 cm³/mol. The molecule has 1 rings (SSSR count). The minimum Gasteiger partial charge on any atom is -0.375 e. The van der Waals surface area contributed by atoms with Crippen LogP contribution >= 0.6 is 0 Å². The predicted octanol–water partition coefficient (Wildman–Crippen LogP) is 3.44. The number of rotatable bonds is 3. The van der Waals surface area contributed by atoms with Gasteiger partial charge >= 0.3 is 0 Å². The Kier molecular flexibility index (Phi) is 4.06. The molecule has 0 unspecified atom stereocenters. The van der Waals surface area contributed by atoms with Gasteiger partial charge in [0.25, 0.3) is 0 Å². The highest BCUT2D eigenvalue weighted by Crippen LogP contribution is 2.32. The minimum atomic E-state index is 0.191. The lowest BCUT2D eigenvalue weighted by atomic mass is 9.89. The van der Waals surface area contributed by atoms with Crippen LogP contribution in [0.2, 0.25) is 0 Å². The van der Waals surface area contributed by atoms with E-state index in [9.17, 15) is 0 Å². The summed E-state index contributed by atoms with van der Waals surface area (Å²) in [4.78, 5) is 2.45. The molecular weight excluding hydrogens is 198 g/mol. The summed E-state index contributed by atoms with van der Waals surface area (Å²) in [6.45, 7) is 18.1. The largest absolute Gasteiger partial charge is 0.375 e. The fourth-order valence-electron chi connectivity index (χ4n) is 2.50. The van der Waals surface area contributed by atoms with Gasteiger partial charge in [-0.05, 0) is 20.3 Å². The fourth-order valence-corrected chi connectivity index (χ4v) is 2.50. The van der Waals surface area contributed by atoms with Crippen LogP contribution in [-0.4, -0.2) is 30.2 Å². The van der Waals surface area contributed by atoms with Crippen molar-refractivity contribution in [1.29, 1.82) is 0 Å². The molecule has 0 N–H and O–H groups in total. The van der Waals surface area contributed by atoms with Gasteiger partial charge in [-0.2, -0.15) is 0 Å². The van der Waals surface area contributed by atoms with Gasteiger partial charge in [0.2, 0.25) is 0 Å². The van der Waals surface area contributed by atoms with Crippen LogP contribution in [0, 0.1) is 5.41 Å². The zero-order valence-corrected chi connectivity index (χ0v) is 11.6. The third kappa shape index (κ3) is 3.24. The summed E-state index contributed by atoms with van der Waals surface area (Å²) in [6.07, 6.45) is 2.40. The van der Waals surface area contributed by atoms with Gasteiger partial charge in [-0.1, -0.05) is 33.8 Å². The standard InChI is InChI=1S/C14H27NO/c1-7-8-14(5,6)15-10-13(3,4)11-16-9-12(15)2/h2,7-11H2,1,3-6H3. The smallest absolute Gasteiger partial charge is 0.0858 e. The minimum absolute atomic E-state index is 0.191. The normalized spacial score (nSPS) is 22.1. The van der Waals surface area contributed by atoms with Gasteiger partial charge in [0.15, 0.2) is 0 Å². The maximum atomic E-state index is 5.68. The van der Waals surface area contributed by atoms with E-state index in [-0.39, 0.29) is 11.0 Å². The highest BCUT2D eigenvalue weighted by Gasteiger charge is 2.34. The summed E-state index contributed by atoms with van der Waals surface area (Å²) in [5.41, 5.74) is 1.53. The van der Waals surface area contributed by atoms with Crippen molar-refractivity contribution in [2.45, 2.75) is 53.0 Å². The van der Waals surface area contributed by atoms with Crippen molar-refractivity contribution in [3.8, 4) is 0 Å². The molecule has 0 amide bonds. The van der Waals surface area contributed by atoms with Gasteiger partial charge in [0.1, 0.15) is 0 Å². The van der Waals surface area contributed by atoms with E-state index in [1.165, 1.54) is 12.8 Å². The maximum Gasteiger partial charge on any atom is 0.0858 e. The van der Waals surface area contributed by atoms with Crippen LogP contribution in [0.1, 0.15) is 47.5 Å². The summed E-state index contributed by atoms with van der Waals surface area (Å²) in [5, 5.41) is 0. The van der Waals surface area contributed by atoms with Gasteiger partial charge < -0.3 is 9.64 Å². The van der Waals surface area contributed by atoms with Crippen molar-refractivity contribution in [2.24, 2.45) is 5.41 Å². The number of nitrogens with zero attached hydrogens (tertiary/aromatic N) is 1. The summed E-state index contributed by atoms with van der Waals surface area (Å²) in [6, 6.07) is 0. The van der Waals surface area contributed by atoms with E-state index in [1.54, 1.807) is 0 Å². The van der Waals surface area contributed by atoms with Crippen molar-refractivity contribution in [1.82, 2.24) is 4.90 Å². The lowest BCUT2D eigenvalue weighted by Crippen LogP contribution is -2.47. The molecule has 0 aromatic heterocycles. The molecule has 1 aliphatic heterocycles. The van der Waals surface area contributed by atoms with Crippen LogP contribution in [0.3, 0.4) is 0 Å². The second kappa shape index (κ2) is 4.79. The fraction of sp³-hybridized carbons (Fsp3) is 0.857. The van der Waals surface area contributed by atoms with Gasteiger partial charge in [-0.25, -0.2) is 0 Å². The van der Waals surface area contributed by atoms with Gasteiger partial charge in [0.05, 0.1) is 13.2 Å². The zero-order valence-electron chi connectivity index (χ0n) is 11.6. The highest BCUT2D eigenvalue weighted by molar-refractivity contribution is 5.04. The van der Waals surface area contributed by atoms with E-state index in [4.69, 9.17) is 4.74 Å². The van der Waals surface area contributed by atoms with Crippen LogP contribution < -0.4 is 0 Å². The van der Waals surface area contributed by atoms with Gasteiger partial charge in [0, 0.05) is 23.2 Å². The Morgan fingerprint density at radius 1 is 1.44 bits per heavy atom. The second-order valence-corrected chi connectivity index (χ2v) is 6.37. The molecule has 1 aliphatic rings. The number of hydrogen-bond donors (Lipinski definition) is 0. The molecule has 94 valence electrons. The first kappa shape index (κ1) is 13.6. The number of hydrogen-bond acceptors (Lipinski definition) is 2. The lowest BCUT2D eigenvalue weighted by Gasteiger charge is -2.43. The molecule has 0 aliphatic carbocycles. The van der Waals surface area contributed by atoms with E-state index in [0.29, 0.717) is 6.61 Å². The van der Waals surface area contributed by atoms with Crippen LogP contribution in [0.15, 0.2) is 12.3 Å². The van der Waals surface area contributed by atoms with E-state index in [1.807, 2.05) is 0 Å². The first-order valence-electron chi connectivity index (χ1n) is 6.32. The molecule has 0 radical (unpaired) electrons. The monoisotopic (exact) mass is 225 g/mol. The topological polar surface area (TPSA) is 12.5 Å². The Labute approximate surface area is 101 Å².